The van der Waals surface area contributed by atoms with Crippen LogP contribution < -0.4 is 15.4 Å². The fourth-order valence-corrected chi connectivity index (χ4v) is 4.12. The molecule has 3 rings (SSSR count). The Kier molecular flexibility index (Phi) is 6.13. The molecule has 0 saturated carbocycles. The van der Waals surface area contributed by atoms with Gasteiger partial charge in [0.15, 0.2) is 0 Å². The summed E-state index contributed by atoms with van der Waals surface area (Å²) in [6, 6.07) is 13.1. The zero-order valence-electron chi connectivity index (χ0n) is 15.4. The van der Waals surface area contributed by atoms with Gasteiger partial charge >= 0.3 is 0 Å². The van der Waals surface area contributed by atoms with E-state index in [-0.39, 0.29) is 10.8 Å². The quantitative estimate of drug-likeness (QED) is 0.711. The Morgan fingerprint density at radius 2 is 1.81 bits per heavy atom. The van der Waals surface area contributed by atoms with Crippen molar-refractivity contribution >= 4 is 21.6 Å². The SMILES string of the molecule is Cc1ccc(NS(=O)(=O)c2ccc(C(=O)NCC3CCCNC3)cc2)cc1. The number of carbonyl (C=O) groups excluding carboxylic acids is 1. The van der Waals surface area contributed by atoms with Gasteiger partial charge < -0.3 is 10.6 Å². The van der Waals surface area contributed by atoms with Crippen molar-refractivity contribution in [2.75, 3.05) is 24.4 Å². The van der Waals surface area contributed by atoms with Crippen molar-refractivity contribution in [1.29, 1.82) is 0 Å². The maximum absolute atomic E-state index is 12.5. The molecule has 0 aliphatic carbocycles. The van der Waals surface area contributed by atoms with E-state index in [4.69, 9.17) is 0 Å². The Bertz CT molecular complexity index is 872. The standard InChI is InChI=1S/C20H25N3O3S/c1-15-4-8-18(9-5-15)23-27(25,26)19-10-6-17(7-11-19)20(24)22-14-16-3-2-12-21-13-16/h4-11,16,21,23H,2-3,12-14H2,1H3,(H,22,24). The lowest BCUT2D eigenvalue weighted by atomic mass is 10.00. The van der Waals surface area contributed by atoms with Gasteiger partial charge in [-0.1, -0.05) is 17.7 Å². The van der Waals surface area contributed by atoms with Crippen LogP contribution in [-0.4, -0.2) is 34.0 Å². The third-order valence-electron chi connectivity index (χ3n) is 4.68. The minimum Gasteiger partial charge on any atom is -0.352 e. The van der Waals surface area contributed by atoms with Crippen molar-refractivity contribution in [3.8, 4) is 0 Å². The van der Waals surface area contributed by atoms with Gasteiger partial charge in [-0.2, -0.15) is 0 Å². The predicted molar refractivity (Wildman–Crippen MR) is 106 cm³/mol. The van der Waals surface area contributed by atoms with Crippen molar-refractivity contribution in [3.63, 3.8) is 0 Å². The molecule has 1 heterocycles. The van der Waals surface area contributed by atoms with Crippen molar-refractivity contribution in [2.45, 2.75) is 24.7 Å². The summed E-state index contributed by atoms with van der Waals surface area (Å²) in [5, 5.41) is 6.25. The highest BCUT2D eigenvalue weighted by Gasteiger charge is 2.17. The van der Waals surface area contributed by atoms with E-state index in [1.165, 1.54) is 24.3 Å². The van der Waals surface area contributed by atoms with Crippen LogP contribution in [0.3, 0.4) is 0 Å². The number of piperidine rings is 1. The van der Waals surface area contributed by atoms with E-state index in [0.717, 1.165) is 31.5 Å². The first-order chi connectivity index (χ1) is 12.9. The lowest BCUT2D eigenvalue weighted by molar-refractivity contribution is 0.0944. The summed E-state index contributed by atoms with van der Waals surface area (Å²) in [6.45, 7) is 4.52. The van der Waals surface area contributed by atoms with Crippen molar-refractivity contribution < 1.29 is 13.2 Å². The molecule has 0 aromatic heterocycles. The molecular weight excluding hydrogens is 362 g/mol. The fraction of sp³-hybridized carbons (Fsp3) is 0.350. The molecule has 1 aliphatic heterocycles. The Labute approximate surface area is 160 Å². The zero-order chi connectivity index (χ0) is 19.3. The Morgan fingerprint density at radius 1 is 1.11 bits per heavy atom. The first-order valence-electron chi connectivity index (χ1n) is 9.12. The van der Waals surface area contributed by atoms with E-state index in [9.17, 15) is 13.2 Å². The number of benzene rings is 2. The number of amides is 1. The second-order valence-corrected chi connectivity index (χ2v) is 8.60. The van der Waals surface area contributed by atoms with Crippen LogP contribution in [0, 0.1) is 12.8 Å². The first-order valence-corrected chi connectivity index (χ1v) is 10.6. The van der Waals surface area contributed by atoms with Gasteiger partial charge in [0.25, 0.3) is 15.9 Å². The van der Waals surface area contributed by atoms with Gasteiger partial charge in [0.05, 0.1) is 4.90 Å². The number of sulfonamides is 1. The Hall–Kier alpha value is -2.38. The lowest BCUT2D eigenvalue weighted by Gasteiger charge is -2.22. The largest absolute Gasteiger partial charge is 0.352 e. The van der Waals surface area contributed by atoms with Crippen molar-refractivity contribution in [1.82, 2.24) is 10.6 Å². The number of hydrogen-bond acceptors (Lipinski definition) is 4. The molecular formula is C20H25N3O3S. The number of rotatable bonds is 6. The van der Waals surface area contributed by atoms with Gasteiger partial charge in [-0.3, -0.25) is 9.52 Å². The highest BCUT2D eigenvalue weighted by molar-refractivity contribution is 7.92. The fourth-order valence-electron chi connectivity index (χ4n) is 3.06. The van der Waals surface area contributed by atoms with Gasteiger partial charge in [0, 0.05) is 17.8 Å². The molecule has 2 aromatic rings. The summed E-state index contributed by atoms with van der Waals surface area (Å²) in [7, 11) is -3.69. The summed E-state index contributed by atoms with van der Waals surface area (Å²) in [6.07, 6.45) is 2.23. The van der Waals surface area contributed by atoms with Crippen LogP contribution in [0.4, 0.5) is 5.69 Å². The molecule has 0 bridgehead atoms. The zero-order valence-corrected chi connectivity index (χ0v) is 16.2. The second-order valence-electron chi connectivity index (χ2n) is 6.92. The van der Waals surface area contributed by atoms with E-state index < -0.39 is 10.0 Å². The summed E-state index contributed by atoms with van der Waals surface area (Å²) in [5.41, 5.74) is 2.01. The highest BCUT2D eigenvalue weighted by atomic mass is 32.2. The van der Waals surface area contributed by atoms with Crippen LogP contribution in [-0.2, 0) is 10.0 Å². The summed E-state index contributed by atoms with van der Waals surface area (Å²) >= 11 is 0. The smallest absolute Gasteiger partial charge is 0.261 e. The van der Waals surface area contributed by atoms with Gasteiger partial charge in [-0.15, -0.1) is 0 Å². The summed E-state index contributed by atoms with van der Waals surface area (Å²) in [4.78, 5) is 12.4. The molecule has 3 N–H and O–H groups in total. The summed E-state index contributed by atoms with van der Waals surface area (Å²) < 4.78 is 27.5. The van der Waals surface area contributed by atoms with Crippen LogP contribution in [0.2, 0.25) is 0 Å². The molecule has 6 nitrogen and oxygen atoms in total. The molecule has 1 amide bonds. The summed E-state index contributed by atoms with van der Waals surface area (Å²) in [5.74, 6) is 0.261. The average molecular weight is 388 g/mol. The van der Waals surface area contributed by atoms with Crippen LogP contribution >= 0.6 is 0 Å². The normalized spacial score (nSPS) is 17.3. The third-order valence-corrected chi connectivity index (χ3v) is 6.08. The molecule has 7 heteroatoms. The predicted octanol–water partition coefficient (Wildman–Crippen LogP) is 2.53. The molecule has 1 atom stereocenters. The van der Waals surface area contributed by atoms with Crippen molar-refractivity contribution in [2.24, 2.45) is 5.92 Å². The van der Waals surface area contributed by atoms with Crippen LogP contribution in [0.1, 0.15) is 28.8 Å². The molecule has 1 aliphatic rings. The minimum atomic E-state index is -3.69. The molecule has 2 aromatic carbocycles. The molecule has 1 fully saturated rings. The third kappa shape index (κ3) is 5.30. The van der Waals surface area contributed by atoms with E-state index in [0.29, 0.717) is 23.7 Å². The van der Waals surface area contributed by atoms with Gasteiger partial charge in [-0.25, -0.2) is 8.42 Å². The maximum Gasteiger partial charge on any atom is 0.261 e. The van der Waals surface area contributed by atoms with Gasteiger partial charge in [0.2, 0.25) is 0 Å². The topological polar surface area (TPSA) is 87.3 Å². The molecule has 0 radical (unpaired) electrons. The Morgan fingerprint density at radius 3 is 2.44 bits per heavy atom. The van der Waals surface area contributed by atoms with E-state index in [1.54, 1.807) is 12.1 Å². The number of nitrogens with one attached hydrogen (secondary N) is 3. The van der Waals surface area contributed by atoms with Crippen LogP contribution in [0.15, 0.2) is 53.4 Å². The van der Waals surface area contributed by atoms with E-state index in [2.05, 4.69) is 15.4 Å². The lowest BCUT2D eigenvalue weighted by Crippen LogP contribution is -2.38. The highest BCUT2D eigenvalue weighted by Crippen LogP contribution is 2.17. The minimum absolute atomic E-state index is 0.121. The van der Waals surface area contributed by atoms with Crippen molar-refractivity contribution in [3.05, 3.63) is 59.7 Å². The Balaban J connectivity index is 1.61. The number of aryl methyl sites for hydroxylation is 1. The number of hydrogen-bond donors (Lipinski definition) is 3. The molecule has 144 valence electrons. The molecule has 27 heavy (non-hydrogen) atoms. The molecule has 0 spiro atoms. The first kappa shape index (κ1) is 19.4. The molecule has 1 saturated heterocycles. The number of carbonyl (C=O) groups is 1. The van der Waals surface area contributed by atoms with Crippen LogP contribution in [0.5, 0.6) is 0 Å². The van der Waals surface area contributed by atoms with Gasteiger partial charge in [0.1, 0.15) is 0 Å². The van der Waals surface area contributed by atoms with Crippen LogP contribution in [0.25, 0.3) is 0 Å². The maximum atomic E-state index is 12.5. The molecule has 1 unspecified atom stereocenters. The van der Waals surface area contributed by atoms with E-state index >= 15 is 0 Å². The average Bonchev–Trinajstić information content (AvgIpc) is 2.69. The second kappa shape index (κ2) is 8.54. The van der Waals surface area contributed by atoms with E-state index in [1.807, 2.05) is 19.1 Å². The van der Waals surface area contributed by atoms with Gasteiger partial charge in [-0.05, 0) is 75.2 Å². The monoisotopic (exact) mass is 387 g/mol. The number of anilines is 1.